The summed E-state index contributed by atoms with van der Waals surface area (Å²) < 4.78 is 11.0. The lowest BCUT2D eigenvalue weighted by Gasteiger charge is -2.32. The van der Waals surface area contributed by atoms with Gasteiger partial charge in [0.25, 0.3) is 5.91 Å². The molecule has 7 heteroatoms. The maximum absolute atomic E-state index is 12.7. The number of hydrogen-bond acceptors (Lipinski definition) is 4. The Bertz CT molecular complexity index is 688. The van der Waals surface area contributed by atoms with E-state index < -0.39 is 0 Å². The van der Waals surface area contributed by atoms with Gasteiger partial charge in [0.15, 0.2) is 0 Å². The van der Waals surface area contributed by atoms with Crippen LogP contribution in [0.4, 0.5) is 5.69 Å². The minimum atomic E-state index is -0.281. The number of ether oxygens (including phenoxy) is 1. The number of rotatable bonds is 2. The molecular weight excluding hydrogens is 327 g/mol. The minimum absolute atomic E-state index is 0.179. The molecule has 5 nitrogen and oxygen atoms in total. The van der Waals surface area contributed by atoms with Gasteiger partial charge in [-0.2, -0.15) is 0 Å². The summed E-state index contributed by atoms with van der Waals surface area (Å²) in [5.41, 5.74) is 6.33. The zero-order valence-electron chi connectivity index (χ0n) is 11.6. The maximum Gasteiger partial charge on any atom is 0.255 e. The third kappa shape index (κ3) is 2.79. The van der Waals surface area contributed by atoms with Crippen LogP contribution in [-0.2, 0) is 4.74 Å². The fourth-order valence-electron chi connectivity index (χ4n) is 2.39. The Morgan fingerprint density at radius 3 is 2.86 bits per heavy atom. The number of benzene rings is 1. The van der Waals surface area contributed by atoms with E-state index in [1.807, 2.05) is 6.07 Å². The predicted molar refractivity (Wildman–Crippen MR) is 84.2 cm³/mol. The van der Waals surface area contributed by atoms with Crippen molar-refractivity contribution in [2.45, 2.75) is 6.10 Å². The Morgan fingerprint density at radius 1 is 1.32 bits per heavy atom. The van der Waals surface area contributed by atoms with Gasteiger partial charge in [-0.1, -0.05) is 23.2 Å². The van der Waals surface area contributed by atoms with Gasteiger partial charge in [-0.15, -0.1) is 0 Å². The van der Waals surface area contributed by atoms with Crippen LogP contribution >= 0.6 is 23.2 Å². The zero-order chi connectivity index (χ0) is 15.7. The molecule has 1 unspecified atom stereocenters. The van der Waals surface area contributed by atoms with Gasteiger partial charge in [-0.25, -0.2) is 0 Å². The lowest BCUT2D eigenvalue weighted by Crippen LogP contribution is -2.42. The molecule has 116 valence electrons. The second-order valence-corrected chi connectivity index (χ2v) is 5.73. The van der Waals surface area contributed by atoms with Crippen LogP contribution in [-0.4, -0.2) is 30.5 Å². The molecule has 1 aromatic carbocycles. The summed E-state index contributed by atoms with van der Waals surface area (Å²) in [7, 11) is 0. The van der Waals surface area contributed by atoms with Crippen molar-refractivity contribution < 1.29 is 13.9 Å². The number of morpholine rings is 1. The molecule has 1 aliphatic heterocycles. The number of amides is 1. The van der Waals surface area contributed by atoms with Crippen LogP contribution in [0.2, 0.25) is 10.0 Å². The number of carbonyl (C=O) groups excluding carboxylic acids is 1. The van der Waals surface area contributed by atoms with Gasteiger partial charge < -0.3 is 19.8 Å². The lowest BCUT2D eigenvalue weighted by molar-refractivity contribution is -0.0321. The number of nitrogens with two attached hydrogens (primary N) is 1. The minimum Gasteiger partial charge on any atom is -0.467 e. The summed E-state index contributed by atoms with van der Waals surface area (Å²) in [5.74, 6) is 0.493. The topological polar surface area (TPSA) is 68.7 Å². The van der Waals surface area contributed by atoms with Crippen molar-refractivity contribution in [3.8, 4) is 0 Å². The number of nitrogen functional groups attached to an aromatic ring is 1. The molecule has 22 heavy (non-hydrogen) atoms. The van der Waals surface area contributed by atoms with Gasteiger partial charge in [-0.3, -0.25) is 4.79 Å². The largest absolute Gasteiger partial charge is 0.467 e. The Balaban J connectivity index is 1.82. The normalized spacial score (nSPS) is 18.5. The third-order valence-corrected chi connectivity index (χ3v) is 4.31. The molecule has 1 aliphatic rings. The number of furan rings is 1. The highest BCUT2D eigenvalue weighted by Gasteiger charge is 2.29. The van der Waals surface area contributed by atoms with E-state index >= 15 is 0 Å². The molecule has 0 aliphatic carbocycles. The number of anilines is 1. The van der Waals surface area contributed by atoms with Crippen LogP contribution < -0.4 is 5.73 Å². The Kier molecular flexibility index (Phi) is 4.29. The molecule has 0 saturated carbocycles. The van der Waals surface area contributed by atoms with E-state index in [2.05, 4.69) is 0 Å². The Morgan fingerprint density at radius 2 is 2.14 bits per heavy atom. The van der Waals surface area contributed by atoms with Gasteiger partial charge in [0, 0.05) is 6.54 Å². The molecule has 1 atom stereocenters. The van der Waals surface area contributed by atoms with Crippen LogP contribution in [0.1, 0.15) is 22.2 Å². The van der Waals surface area contributed by atoms with E-state index in [0.29, 0.717) is 36.0 Å². The van der Waals surface area contributed by atoms with Gasteiger partial charge in [0.2, 0.25) is 0 Å². The van der Waals surface area contributed by atoms with Crippen LogP contribution in [0.3, 0.4) is 0 Å². The Labute approximate surface area is 137 Å². The molecule has 2 aromatic rings. The van der Waals surface area contributed by atoms with Gasteiger partial charge >= 0.3 is 0 Å². The van der Waals surface area contributed by atoms with Gasteiger partial charge in [-0.05, 0) is 24.3 Å². The number of carbonyl (C=O) groups is 1. The van der Waals surface area contributed by atoms with E-state index in [9.17, 15) is 4.79 Å². The molecular formula is C15H14Cl2N2O3. The Hall–Kier alpha value is -1.69. The molecule has 0 radical (unpaired) electrons. The first-order valence-corrected chi connectivity index (χ1v) is 7.51. The molecule has 1 saturated heterocycles. The molecule has 2 heterocycles. The van der Waals surface area contributed by atoms with Crippen LogP contribution in [0, 0.1) is 0 Å². The molecule has 0 spiro atoms. The first-order valence-electron chi connectivity index (χ1n) is 6.75. The number of halogens is 2. The highest BCUT2D eigenvalue weighted by molar-refractivity contribution is 6.40. The third-order valence-electron chi connectivity index (χ3n) is 3.57. The van der Waals surface area contributed by atoms with E-state index in [1.165, 1.54) is 0 Å². The zero-order valence-corrected chi connectivity index (χ0v) is 13.1. The van der Waals surface area contributed by atoms with E-state index in [1.54, 1.807) is 29.4 Å². The quantitative estimate of drug-likeness (QED) is 0.851. The fourth-order valence-corrected chi connectivity index (χ4v) is 2.84. The number of nitrogens with zero attached hydrogens (tertiary/aromatic N) is 1. The van der Waals surface area contributed by atoms with E-state index in [4.69, 9.17) is 38.1 Å². The van der Waals surface area contributed by atoms with Crippen molar-refractivity contribution in [1.29, 1.82) is 0 Å². The molecule has 3 rings (SSSR count). The average Bonchev–Trinajstić information content (AvgIpc) is 3.07. The molecule has 0 bridgehead atoms. The van der Waals surface area contributed by atoms with Crippen molar-refractivity contribution in [3.05, 3.63) is 51.9 Å². The summed E-state index contributed by atoms with van der Waals surface area (Å²) >= 11 is 12.0. The van der Waals surface area contributed by atoms with Crippen LogP contribution in [0.5, 0.6) is 0 Å². The van der Waals surface area contributed by atoms with E-state index in [-0.39, 0.29) is 22.7 Å². The maximum atomic E-state index is 12.7. The first-order chi connectivity index (χ1) is 10.6. The molecule has 1 fully saturated rings. The summed E-state index contributed by atoms with van der Waals surface area (Å²) in [4.78, 5) is 14.3. The molecule has 1 amide bonds. The molecule has 1 aromatic heterocycles. The average molecular weight is 341 g/mol. The molecule has 2 N–H and O–H groups in total. The summed E-state index contributed by atoms with van der Waals surface area (Å²) in [5, 5.41) is 0.510. The summed E-state index contributed by atoms with van der Waals surface area (Å²) in [6.07, 6.45) is 1.30. The van der Waals surface area contributed by atoms with Crippen molar-refractivity contribution in [1.82, 2.24) is 4.90 Å². The monoisotopic (exact) mass is 340 g/mol. The summed E-state index contributed by atoms with van der Waals surface area (Å²) in [6, 6.07) is 6.77. The standard InChI is InChI=1S/C15H14Cl2N2O3/c16-10-4-3-9(13(17)14(10)18)15(20)19-5-7-22-12(8-19)11-2-1-6-21-11/h1-4,6,12H,5,7-8,18H2. The first kappa shape index (κ1) is 15.2. The lowest BCUT2D eigenvalue weighted by atomic mass is 10.1. The van der Waals surface area contributed by atoms with E-state index in [0.717, 1.165) is 0 Å². The van der Waals surface area contributed by atoms with Crippen molar-refractivity contribution in [3.63, 3.8) is 0 Å². The smallest absolute Gasteiger partial charge is 0.255 e. The summed E-state index contributed by atoms with van der Waals surface area (Å²) in [6.45, 7) is 1.30. The predicted octanol–water partition coefficient (Wildman–Crippen LogP) is 3.38. The van der Waals surface area contributed by atoms with Crippen LogP contribution in [0.25, 0.3) is 0 Å². The second-order valence-electron chi connectivity index (χ2n) is 4.95. The van der Waals surface area contributed by atoms with Crippen LogP contribution in [0.15, 0.2) is 34.9 Å². The highest BCUT2D eigenvalue weighted by atomic mass is 35.5. The van der Waals surface area contributed by atoms with Crippen molar-refractivity contribution >= 4 is 34.8 Å². The second kappa shape index (κ2) is 6.20. The van der Waals surface area contributed by atoms with Crippen molar-refractivity contribution in [2.24, 2.45) is 0 Å². The van der Waals surface area contributed by atoms with Gasteiger partial charge in [0.05, 0.1) is 40.7 Å². The highest BCUT2D eigenvalue weighted by Crippen LogP contribution is 2.32. The fraction of sp³-hybridized carbons (Fsp3) is 0.267. The van der Waals surface area contributed by atoms with Crippen molar-refractivity contribution in [2.75, 3.05) is 25.4 Å². The van der Waals surface area contributed by atoms with Gasteiger partial charge in [0.1, 0.15) is 11.9 Å². The number of hydrogen-bond donors (Lipinski definition) is 1. The SMILES string of the molecule is Nc1c(Cl)ccc(C(=O)N2CCOC(c3ccco3)C2)c1Cl.